The Bertz CT molecular complexity index is 1960. The molecule has 378 valence electrons. The van der Waals surface area contributed by atoms with Crippen LogP contribution in [0.15, 0.2) is 35.3 Å². The van der Waals surface area contributed by atoms with E-state index in [1.165, 1.54) is 30.9 Å². The topological polar surface area (TPSA) is 312 Å². The third-order valence-corrected chi connectivity index (χ3v) is 12.1. The van der Waals surface area contributed by atoms with Gasteiger partial charge in [-0.1, -0.05) is 71.4 Å². The van der Waals surface area contributed by atoms with E-state index in [-0.39, 0.29) is 51.0 Å². The van der Waals surface area contributed by atoms with Gasteiger partial charge in [0, 0.05) is 33.5 Å². The molecular weight excluding hydrogens is 885 g/mol. The summed E-state index contributed by atoms with van der Waals surface area (Å²) in [5.41, 5.74) is 11.7. The number of aliphatic imine (C=N–C) groups is 1. The maximum atomic E-state index is 14.9. The van der Waals surface area contributed by atoms with Crippen molar-refractivity contribution in [3.8, 4) is 0 Å². The third-order valence-electron chi connectivity index (χ3n) is 12.1. The van der Waals surface area contributed by atoms with Gasteiger partial charge in [0.1, 0.15) is 54.6 Å². The highest BCUT2D eigenvalue weighted by Gasteiger charge is 2.47. The lowest BCUT2D eigenvalue weighted by Gasteiger charge is -2.45. The van der Waals surface area contributed by atoms with E-state index in [2.05, 4.69) is 31.6 Å². The molecule has 10 atom stereocenters. The van der Waals surface area contributed by atoms with Gasteiger partial charge in [-0.3, -0.25) is 43.3 Å². The van der Waals surface area contributed by atoms with Crippen molar-refractivity contribution in [2.75, 3.05) is 27.8 Å². The average Bonchev–Trinajstić information content (AvgIpc) is 3.29. The van der Waals surface area contributed by atoms with Crippen molar-refractivity contribution in [1.82, 2.24) is 36.4 Å². The molecule has 0 radical (unpaired) electrons. The summed E-state index contributed by atoms with van der Waals surface area (Å²) in [6.45, 7) is 10.0. The molecule has 3 rings (SSSR count). The number of amides is 7. The third kappa shape index (κ3) is 15.6. The summed E-state index contributed by atoms with van der Waals surface area (Å²) >= 11 is 0. The van der Waals surface area contributed by atoms with Crippen LogP contribution < -0.4 is 38.1 Å². The van der Waals surface area contributed by atoms with Crippen LogP contribution >= 0.6 is 0 Å². The number of nitrogens with two attached hydrogens (primary N) is 2. The molecule has 1 aromatic carbocycles. The maximum Gasteiger partial charge on any atom is 0.329 e. The first-order chi connectivity index (χ1) is 32.2. The van der Waals surface area contributed by atoms with E-state index in [0.717, 1.165) is 7.11 Å². The Hall–Kier alpha value is -6.32. The minimum Gasteiger partial charge on any atom is -0.469 e. The Balaban J connectivity index is 2.28. The molecule has 2 heterocycles. The summed E-state index contributed by atoms with van der Waals surface area (Å²) in [4.78, 5) is 133. The molecular formula is C46H72N10O12. The Morgan fingerprint density at radius 2 is 1.60 bits per heavy atom. The number of carbonyl (C=O) groups is 9. The quantitative estimate of drug-likeness (QED) is 0.0449. The van der Waals surface area contributed by atoms with Gasteiger partial charge in [-0.15, -0.1) is 0 Å². The lowest BCUT2D eigenvalue weighted by atomic mass is 9.93. The number of benzene rings is 1. The number of piperidine rings is 1. The molecule has 10 unspecified atom stereocenters. The number of esters is 2. The van der Waals surface area contributed by atoms with Gasteiger partial charge in [-0.25, -0.2) is 4.79 Å². The highest BCUT2D eigenvalue weighted by molar-refractivity contribution is 5.99. The second-order valence-corrected chi connectivity index (χ2v) is 17.6. The van der Waals surface area contributed by atoms with Crippen LogP contribution in [-0.2, 0) is 63.8 Å². The number of nitrogens with one attached hydrogen (secondary N) is 5. The van der Waals surface area contributed by atoms with E-state index < -0.39 is 126 Å². The number of nitrogens with zero attached hydrogens (tertiary/aromatic N) is 3. The van der Waals surface area contributed by atoms with Crippen LogP contribution in [-0.4, -0.2) is 151 Å². The zero-order valence-electron chi connectivity index (χ0n) is 40.7. The number of ether oxygens (including phenoxy) is 3. The van der Waals surface area contributed by atoms with Crippen molar-refractivity contribution in [1.29, 1.82) is 0 Å². The minimum absolute atomic E-state index is 0.000868. The Morgan fingerprint density at radius 1 is 0.926 bits per heavy atom. The molecule has 9 N–H and O–H groups in total. The lowest BCUT2D eigenvalue weighted by molar-refractivity contribution is -0.171. The van der Waals surface area contributed by atoms with E-state index in [0.29, 0.717) is 18.4 Å². The number of carbonyl (C=O) groups excluding carboxylic acids is 9. The minimum atomic E-state index is -1.80. The van der Waals surface area contributed by atoms with Crippen molar-refractivity contribution in [2.45, 2.75) is 154 Å². The molecule has 0 aromatic heterocycles. The predicted molar refractivity (Wildman–Crippen MR) is 248 cm³/mol. The van der Waals surface area contributed by atoms with E-state index in [4.69, 9.17) is 25.7 Å². The number of rotatable bonds is 17. The van der Waals surface area contributed by atoms with Gasteiger partial charge in [-0.2, -0.15) is 0 Å². The van der Waals surface area contributed by atoms with Crippen molar-refractivity contribution in [3.63, 3.8) is 0 Å². The molecule has 22 heteroatoms. The number of methoxy groups -OCH3 is 2. The van der Waals surface area contributed by atoms with Crippen LogP contribution in [0.1, 0.15) is 98.5 Å². The standard InChI is InChI=1S/C46H72N10O12/c1-10-16-33(57)50-31(24-35(58)67-9)40(60)54-37-27(6)68-45(65)36(26(5)11-2)53-41(61)32(23-28-17-13-12-14-18-28)55(7)44(64)38(25(3)4)56-34(66-8)21-20-30(43(56)63)52-39(59)29(51-42(37)62)19-15-22-49-46(47)48/h12-14,17-18,25-27,29-32,34,36-38H,10-11,15-16,19-24H2,1-9H3,(H,50,57)(H,51,62)(H,52,59)(H,53,61)(H,54,60)(H4,47,48,49). The molecule has 0 spiro atoms. The number of cyclic esters (lactones) is 1. The normalized spacial score (nSPS) is 25.3. The van der Waals surface area contributed by atoms with Crippen molar-refractivity contribution >= 4 is 59.2 Å². The number of guanidine groups is 1. The molecule has 1 aromatic rings. The highest BCUT2D eigenvalue weighted by Crippen LogP contribution is 2.28. The molecule has 0 aliphatic carbocycles. The van der Waals surface area contributed by atoms with Crippen LogP contribution in [0, 0.1) is 11.8 Å². The van der Waals surface area contributed by atoms with Crippen LogP contribution in [0.2, 0.25) is 0 Å². The molecule has 68 heavy (non-hydrogen) atoms. The van der Waals surface area contributed by atoms with E-state index in [1.54, 1.807) is 65.0 Å². The predicted octanol–water partition coefficient (Wildman–Crippen LogP) is -0.492. The number of fused-ring (bicyclic) bond motifs is 2. The van der Waals surface area contributed by atoms with Crippen LogP contribution in [0.25, 0.3) is 0 Å². The zero-order valence-corrected chi connectivity index (χ0v) is 40.7. The van der Waals surface area contributed by atoms with Crippen molar-refractivity contribution < 1.29 is 57.4 Å². The molecule has 0 saturated carbocycles. The lowest BCUT2D eigenvalue weighted by Crippen LogP contribution is -2.66. The highest BCUT2D eigenvalue weighted by atomic mass is 16.5. The smallest absolute Gasteiger partial charge is 0.329 e. The number of hydrogen-bond donors (Lipinski definition) is 7. The summed E-state index contributed by atoms with van der Waals surface area (Å²) in [7, 11) is 3.93. The van der Waals surface area contributed by atoms with Gasteiger partial charge in [-0.05, 0) is 56.4 Å². The second kappa shape index (κ2) is 26.9. The molecule has 2 aliphatic heterocycles. The molecule has 2 fully saturated rings. The van der Waals surface area contributed by atoms with Crippen LogP contribution in [0.4, 0.5) is 0 Å². The summed E-state index contributed by atoms with van der Waals surface area (Å²) < 4.78 is 16.4. The van der Waals surface area contributed by atoms with E-state index in [1.807, 2.05) is 0 Å². The number of hydrogen-bond acceptors (Lipinski definition) is 13. The van der Waals surface area contributed by atoms with Gasteiger partial charge in [0.25, 0.3) is 0 Å². The Morgan fingerprint density at radius 3 is 2.19 bits per heavy atom. The summed E-state index contributed by atoms with van der Waals surface area (Å²) in [5.74, 6) is -8.64. The van der Waals surface area contributed by atoms with Crippen LogP contribution in [0.3, 0.4) is 0 Å². The van der Waals surface area contributed by atoms with Gasteiger partial charge in [0.05, 0.1) is 13.5 Å². The monoisotopic (exact) mass is 957 g/mol. The Kier molecular flexibility index (Phi) is 22.1. The fourth-order valence-electron chi connectivity index (χ4n) is 8.06. The molecule has 2 aliphatic rings. The summed E-state index contributed by atoms with van der Waals surface area (Å²) in [6.07, 6.45) is -2.02. The SMILES string of the molecule is CCCC(=O)NC(CC(=O)OC)C(=O)NC1C(=O)NC(CCCN=C(N)N)C(=O)NC2CCC(OC)N(C2=O)C(C(C)C)C(=O)N(C)C(Cc2ccccc2)C(=O)NC(C(C)CC)C(=O)OC1C. The first-order valence-corrected chi connectivity index (χ1v) is 23.2. The first-order valence-electron chi connectivity index (χ1n) is 23.2. The molecule has 2 bridgehead atoms. The van der Waals surface area contributed by atoms with Gasteiger partial charge < -0.3 is 62.1 Å². The summed E-state index contributed by atoms with van der Waals surface area (Å²) in [6, 6.07) is -0.878. The first kappa shape index (κ1) is 56.0. The largest absolute Gasteiger partial charge is 0.469 e. The molecule has 22 nitrogen and oxygen atoms in total. The fraction of sp³-hybridized carbons (Fsp3) is 0.652. The second-order valence-electron chi connectivity index (χ2n) is 17.6. The Labute approximate surface area is 398 Å². The number of likely N-dealkylation sites (N-methyl/N-ethyl adjacent to an activating group) is 1. The average molecular weight is 957 g/mol. The van der Waals surface area contributed by atoms with E-state index >= 15 is 0 Å². The fourth-order valence-corrected chi connectivity index (χ4v) is 8.06. The van der Waals surface area contributed by atoms with Crippen LogP contribution in [0.5, 0.6) is 0 Å². The summed E-state index contributed by atoms with van der Waals surface area (Å²) in [5, 5.41) is 13.1. The van der Waals surface area contributed by atoms with E-state index in [9.17, 15) is 43.2 Å². The molecule has 2 saturated heterocycles. The van der Waals surface area contributed by atoms with Crippen molar-refractivity contribution in [3.05, 3.63) is 35.9 Å². The van der Waals surface area contributed by atoms with Crippen molar-refractivity contribution in [2.24, 2.45) is 28.3 Å². The zero-order chi connectivity index (χ0) is 50.8. The molecule has 7 amide bonds. The van der Waals surface area contributed by atoms with Gasteiger partial charge in [0.15, 0.2) is 5.96 Å². The maximum absolute atomic E-state index is 14.9. The van der Waals surface area contributed by atoms with Gasteiger partial charge in [0.2, 0.25) is 41.4 Å². The van der Waals surface area contributed by atoms with Gasteiger partial charge >= 0.3 is 11.9 Å².